The van der Waals surface area contributed by atoms with Crippen molar-refractivity contribution in [2.24, 2.45) is 0 Å². The van der Waals surface area contributed by atoms with Crippen LogP contribution in [0.3, 0.4) is 0 Å². The van der Waals surface area contributed by atoms with Crippen LogP contribution < -0.4 is 5.11 Å². The molecule has 0 bridgehead atoms. The average Bonchev–Trinajstić information content (AvgIpc) is 2.62. The summed E-state index contributed by atoms with van der Waals surface area (Å²) in [6, 6.07) is -0.330. The van der Waals surface area contributed by atoms with Crippen molar-refractivity contribution >= 4 is 5.97 Å². The van der Waals surface area contributed by atoms with Crippen molar-refractivity contribution in [3.8, 4) is 0 Å². The minimum atomic E-state index is -0.853. The molecular weight excluding hydrogens is 310 g/mol. The predicted octanol–water partition coefficient (Wildman–Crippen LogP) is 5.07. The summed E-state index contributed by atoms with van der Waals surface area (Å²) in [5.74, 6) is -0.853. The molecule has 0 aliphatic carbocycles. The predicted molar refractivity (Wildman–Crippen MR) is 106 cm³/mol. The zero-order valence-corrected chi connectivity index (χ0v) is 17.7. The lowest BCUT2D eigenvalue weighted by Crippen LogP contribution is -2.61. The minimum Gasteiger partial charge on any atom is -0.544 e. The van der Waals surface area contributed by atoms with Gasteiger partial charge in [0.15, 0.2) is 0 Å². The summed E-state index contributed by atoms with van der Waals surface area (Å²) in [5, 5.41) is 11.6. The molecule has 0 saturated carbocycles. The molecule has 0 N–H and O–H groups in total. The Hall–Kier alpha value is -0.570. The van der Waals surface area contributed by atoms with Crippen LogP contribution in [-0.4, -0.2) is 36.1 Å². The maximum absolute atomic E-state index is 11.6. The third kappa shape index (κ3) is 10.2. The number of aliphatic carboxylic acids is 1. The number of nitrogens with zero attached hydrogens (tertiary/aromatic N) is 1. The first kappa shape index (κ1) is 24.4. The van der Waals surface area contributed by atoms with Gasteiger partial charge in [0, 0.05) is 6.42 Å². The van der Waals surface area contributed by atoms with Crippen molar-refractivity contribution in [1.29, 1.82) is 0 Å². The maximum Gasteiger partial charge on any atom is 0.129 e. The van der Waals surface area contributed by atoms with E-state index >= 15 is 0 Å². The van der Waals surface area contributed by atoms with Crippen molar-refractivity contribution in [2.75, 3.05) is 19.6 Å². The topological polar surface area (TPSA) is 40.1 Å². The fourth-order valence-electron chi connectivity index (χ4n) is 4.13. The molecule has 0 fully saturated rings. The second-order valence-electron chi connectivity index (χ2n) is 7.68. The molecule has 3 nitrogen and oxygen atoms in total. The summed E-state index contributed by atoms with van der Waals surface area (Å²) in [4.78, 5) is 11.6. The minimum absolute atomic E-state index is 0.330. The van der Waals surface area contributed by atoms with Gasteiger partial charge in [-0.25, -0.2) is 0 Å². The molecule has 0 spiro atoms. The number of carboxylic acids is 1. The Morgan fingerprint density at radius 3 is 1.36 bits per heavy atom. The molecule has 0 aliphatic heterocycles. The van der Waals surface area contributed by atoms with E-state index in [9.17, 15) is 9.90 Å². The van der Waals surface area contributed by atoms with E-state index in [-0.39, 0.29) is 6.04 Å². The SMILES string of the molecule is CCCCCCCCCCCCCCC(C(=O)[O-])[N+](CC)(CC)CC. The Morgan fingerprint density at radius 2 is 1.04 bits per heavy atom. The van der Waals surface area contributed by atoms with Gasteiger partial charge in [-0.1, -0.05) is 77.6 Å². The molecule has 3 heteroatoms. The van der Waals surface area contributed by atoms with Crippen LogP contribution in [0.25, 0.3) is 0 Å². The van der Waals surface area contributed by atoms with E-state index in [0.29, 0.717) is 4.48 Å². The van der Waals surface area contributed by atoms with Crippen LogP contribution in [0, 0.1) is 0 Å². The van der Waals surface area contributed by atoms with Crippen LogP contribution >= 0.6 is 0 Å². The number of quaternary nitrogens is 1. The zero-order chi connectivity index (χ0) is 19.0. The van der Waals surface area contributed by atoms with E-state index in [2.05, 4.69) is 27.7 Å². The van der Waals surface area contributed by atoms with Crippen molar-refractivity contribution in [1.82, 2.24) is 0 Å². The van der Waals surface area contributed by atoms with E-state index < -0.39 is 5.97 Å². The normalized spacial score (nSPS) is 13.1. The van der Waals surface area contributed by atoms with Crippen LogP contribution in [0.2, 0.25) is 0 Å². The first-order valence-corrected chi connectivity index (χ1v) is 11.1. The van der Waals surface area contributed by atoms with Gasteiger partial charge in [-0.15, -0.1) is 0 Å². The van der Waals surface area contributed by atoms with Gasteiger partial charge in [-0.2, -0.15) is 0 Å². The molecule has 0 radical (unpaired) electrons. The van der Waals surface area contributed by atoms with Gasteiger partial charge in [0.25, 0.3) is 0 Å². The number of carbonyl (C=O) groups is 1. The summed E-state index contributed by atoms with van der Waals surface area (Å²) in [6.45, 7) is 11.2. The number of unbranched alkanes of at least 4 members (excludes halogenated alkanes) is 11. The van der Waals surface area contributed by atoms with E-state index in [1.54, 1.807) is 0 Å². The summed E-state index contributed by atoms with van der Waals surface area (Å²) in [7, 11) is 0. The fourth-order valence-corrected chi connectivity index (χ4v) is 4.13. The smallest absolute Gasteiger partial charge is 0.129 e. The van der Waals surface area contributed by atoms with Crippen LogP contribution in [0.5, 0.6) is 0 Å². The summed E-state index contributed by atoms with van der Waals surface area (Å²) < 4.78 is 0.667. The zero-order valence-electron chi connectivity index (χ0n) is 17.7. The summed E-state index contributed by atoms with van der Waals surface area (Å²) in [5.41, 5.74) is 0. The van der Waals surface area contributed by atoms with Gasteiger partial charge >= 0.3 is 0 Å². The second-order valence-corrected chi connectivity index (χ2v) is 7.68. The highest BCUT2D eigenvalue weighted by Crippen LogP contribution is 2.20. The molecular formula is C22H45NO2. The molecule has 0 amide bonds. The van der Waals surface area contributed by atoms with Crippen LogP contribution in [0.1, 0.15) is 111 Å². The standard InChI is InChI=1S/C22H45NO2/c1-5-9-10-11-12-13-14-15-16-17-18-19-20-21(22(24)25)23(6-2,7-3)8-4/h21H,5-20H2,1-4H3. The molecule has 0 aromatic carbocycles. The van der Waals surface area contributed by atoms with Crippen molar-refractivity contribution < 1.29 is 14.4 Å². The third-order valence-corrected chi connectivity index (χ3v) is 6.15. The molecule has 0 aromatic heterocycles. The van der Waals surface area contributed by atoms with Crippen molar-refractivity contribution in [2.45, 2.75) is 117 Å². The molecule has 0 rings (SSSR count). The average molecular weight is 356 g/mol. The highest BCUT2D eigenvalue weighted by Gasteiger charge is 2.32. The largest absolute Gasteiger partial charge is 0.544 e. The molecule has 0 heterocycles. The van der Waals surface area contributed by atoms with Gasteiger partial charge in [0.1, 0.15) is 6.04 Å². The van der Waals surface area contributed by atoms with Gasteiger partial charge < -0.3 is 14.4 Å². The van der Waals surface area contributed by atoms with Crippen molar-refractivity contribution in [3.05, 3.63) is 0 Å². The van der Waals surface area contributed by atoms with E-state index in [4.69, 9.17) is 0 Å². The van der Waals surface area contributed by atoms with E-state index in [1.807, 2.05) is 0 Å². The first-order chi connectivity index (χ1) is 12.1. The van der Waals surface area contributed by atoms with Gasteiger partial charge in [0.05, 0.1) is 25.6 Å². The molecule has 0 aliphatic rings. The van der Waals surface area contributed by atoms with Crippen LogP contribution in [0.15, 0.2) is 0 Å². The van der Waals surface area contributed by atoms with E-state index in [1.165, 1.54) is 64.2 Å². The number of hydrogen-bond donors (Lipinski definition) is 0. The van der Waals surface area contributed by atoms with Crippen molar-refractivity contribution in [3.63, 3.8) is 0 Å². The number of hydrogen-bond acceptors (Lipinski definition) is 2. The van der Waals surface area contributed by atoms with Gasteiger partial charge in [-0.05, 0) is 27.2 Å². The summed E-state index contributed by atoms with van der Waals surface area (Å²) >= 11 is 0. The van der Waals surface area contributed by atoms with Crippen LogP contribution in [0.4, 0.5) is 0 Å². The lowest BCUT2D eigenvalue weighted by atomic mass is 10.0. The molecule has 1 atom stereocenters. The highest BCUT2D eigenvalue weighted by atomic mass is 16.4. The Bertz CT molecular complexity index is 305. The Kier molecular flexibility index (Phi) is 15.3. The lowest BCUT2D eigenvalue weighted by Gasteiger charge is -2.43. The summed E-state index contributed by atoms with van der Waals surface area (Å²) in [6.07, 6.45) is 16.6. The van der Waals surface area contributed by atoms with Gasteiger partial charge in [-0.3, -0.25) is 0 Å². The maximum atomic E-state index is 11.6. The lowest BCUT2D eigenvalue weighted by molar-refractivity contribution is -0.940. The number of carbonyl (C=O) groups excluding carboxylic acids is 1. The monoisotopic (exact) mass is 355 g/mol. The molecule has 25 heavy (non-hydrogen) atoms. The molecule has 150 valence electrons. The van der Waals surface area contributed by atoms with E-state index in [0.717, 1.165) is 38.9 Å². The Morgan fingerprint density at radius 1 is 0.680 bits per heavy atom. The Balaban J connectivity index is 3.78. The number of carboxylic acid groups (broad SMARTS) is 1. The Labute approximate surface area is 157 Å². The fraction of sp³-hybridized carbons (Fsp3) is 0.955. The first-order valence-electron chi connectivity index (χ1n) is 11.1. The second kappa shape index (κ2) is 15.7. The highest BCUT2D eigenvalue weighted by molar-refractivity contribution is 5.69. The third-order valence-electron chi connectivity index (χ3n) is 6.15. The quantitative estimate of drug-likeness (QED) is 0.254. The number of likely N-dealkylation sites (N-methyl/N-ethyl adjacent to an activating group) is 1. The van der Waals surface area contributed by atoms with Gasteiger partial charge in [0.2, 0.25) is 0 Å². The molecule has 0 saturated heterocycles. The van der Waals surface area contributed by atoms with Crippen LogP contribution in [-0.2, 0) is 4.79 Å². The number of rotatable bonds is 18. The molecule has 0 aromatic rings. The molecule has 1 unspecified atom stereocenters.